The summed E-state index contributed by atoms with van der Waals surface area (Å²) in [5, 5.41) is 3.14. The van der Waals surface area contributed by atoms with Crippen molar-refractivity contribution in [1.29, 1.82) is 0 Å². The fraction of sp³-hybridized carbons (Fsp3) is 0.312. The molecule has 0 atom stereocenters. The first-order chi connectivity index (χ1) is 11.3. The molecule has 0 spiro atoms. The summed E-state index contributed by atoms with van der Waals surface area (Å²) in [5.74, 6) is 0.194. The van der Waals surface area contributed by atoms with Crippen molar-refractivity contribution in [2.75, 3.05) is 37.2 Å². The second kappa shape index (κ2) is 7.59. The molecule has 0 fully saturated rings. The van der Waals surface area contributed by atoms with Crippen LogP contribution in [0.25, 0.3) is 0 Å². The molecule has 0 saturated carbocycles. The van der Waals surface area contributed by atoms with E-state index in [2.05, 4.69) is 15.0 Å². The number of likely N-dealkylation sites (N-methyl/N-ethyl adjacent to an activating group) is 1. The normalized spacial score (nSPS) is 11.5. The SMILES string of the molecule is Cc1cc(F)ccc1S(=O)(=O)Nc1ccc(NCCN(C)C)nc1. The third-order valence-corrected chi connectivity index (χ3v) is 4.85. The molecule has 0 saturated heterocycles. The van der Waals surface area contributed by atoms with Gasteiger partial charge in [-0.3, -0.25) is 4.72 Å². The van der Waals surface area contributed by atoms with E-state index >= 15 is 0 Å². The zero-order valence-corrected chi connectivity index (χ0v) is 14.7. The van der Waals surface area contributed by atoms with E-state index in [1.165, 1.54) is 18.3 Å². The summed E-state index contributed by atoms with van der Waals surface area (Å²) in [5.41, 5.74) is 0.689. The number of rotatable bonds is 7. The Kier molecular flexibility index (Phi) is 5.74. The van der Waals surface area contributed by atoms with E-state index in [-0.39, 0.29) is 4.90 Å². The monoisotopic (exact) mass is 352 g/mol. The first-order valence-electron chi connectivity index (χ1n) is 7.41. The summed E-state index contributed by atoms with van der Waals surface area (Å²) in [6.45, 7) is 3.15. The molecule has 2 rings (SSSR count). The number of pyridine rings is 1. The minimum atomic E-state index is -3.79. The quantitative estimate of drug-likeness (QED) is 0.800. The Morgan fingerprint density at radius 3 is 2.54 bits per heavy atom. The summed E-state index contributed by atoms with van der Waals surface area (Å²) in [7, 11) is 0.168. The molecule has 0 amide bonds. The van der Waals surface area contributed by atoms with E-state index in [0.717, 1.165) is 19.2 Å². The van der Waals surface area contributed by atoms with Gasteiger partial charge in [-0.15, -0.1) is 0 Å². The third-order valence-electron chi connectivity index (χ3n) is 3.31. The summed E-state index contributed by atoms with van der Waals surface area (Å²) < 4.78 is 40.3. The number of nitrogens with one attached hydrogen (secondary N) is 2. The highest BCUT2D eigenvalue weighted by Crippen LogP contribution is 2.20. The second-order valence-corrected chi connectivity index (χ2v) is 7.33. The minimum Gasteiger partial charge on any atom is -0.369 e. The van der Waals surface area contributed by atoms with Crippen molar-refractivity contribution in [2.45, 2.75) is 11.8 Å². The average Bonchev–Trinajstić information content (AvgIpc) is 2.48. The lowest BCUT2D eigenvalue weighted by atomic mass is 10.2. The van der Waals surface area contributed by atoms with Crippen LogP contribution < -0.4 is 10.0 Å². The van der Waals surface area contributed by atoms with Gasteiger partial charge < -0.3 is 10.2 Å². The van der Waals surface area contributed by atoms with Crippen LogP contribution in [0.4, 0.5) is 15.9 Å². The standard InChI is InChI=1S/C16H21FN4O2S/c1-12-10-13(17)4-6-15(12)24(22,23)20-14-5-7-16(19-11-14)18-8-9-21(2)3/h4-7,10-11,20H,8-9H2,1-3H3,(H,18,19). The number of anilines is 2. The molecule has 1 aromatic carbocycles. The highest BCUT2D eigenvalue weighted by Gasteiger charge is 2.17. The summed E-state index contributed by atoms with van der Waals surface area (Å²) in [4.78, 5) is 6.25. The largest absolute Gasteiger partial charge is 0.369 e. The zero-order chi connectivity index (χ0) is 17.7. The molecular formula is C16H21FN4O2S. The average molecular weight is 352 g/mol. The van der Waals surface area contributed by atoms with Crippen molar-refractivity contribution < 1.29 is 12.8 Å². The van der Waals surface area contributed by atoms with Crippen molar-refractivity contribution in [3.63, 3.8) is 0 Å². The molecule has 130 valence electrons. The van der Waals surface area contributed by atoms with E-state index in [4.69, 9.17) is 0 Å². The van der Waals surface area contributed by atoms with Gasteiger partial charge in [0.05, 0.1) is 16.8 Å². The van der Waals surface area contributed by atoms with E-state index in [9.17, 15) is 12.8 Å². The fourth-order valence-corrected chi connectivity index (χ4v) is 3.36. The second-order valence-electron chi connectivity index (χ2n) is 5.68. The van der Waals surface area contributed by atoms with Crippen molar-refractivity contribution in [1.82, 2.24) is 9.88 Å². The lowest BCUT2D eigenvalue weighted by Crippen LogP contribution is -2.21. The summed E-state index contributed by atoms with van der Waals surface area (Å²) >= 11 is 0. The smallest absolute Gasteiger partial charge is 0.262 e. The molecule has 1 heterocycles. The van der Waals surface area contributed by atoms with Crippen molar-refractivity contribution in [2.24, 2.45) is 0 Å². The van der Waals surface area contributed by atoms with Gasteiger partial charge in [-0.1, -0.05) is 0 Å². The van der Waals surface area contributed by atoms with Crippen LogP contribution >= 0.6 is 0 Å². The van der Waals surface area contributed by atoms with Crippen molar-refractivity contribution >= 4 is 21.5 Å². The third kappa shape index (κ3) is 4.90. The maximum Gasteiger partial charge on any atom is 0.262 e. The molecule has 2 aromatic rings. The molecule has 8 heteroatoms. The van der Waals surface area contributed by atoms with E-state index < -0.39 is 15.8 Å². The van der Waals surface area contributed by atoms with Crippen LogP contribution in [0, 0.1) is 12.7 Å². The first kappa shape index (κ1) is 18.2. The number of aryl methyl sites for hydroxylation is 1. The predicted molar refractivity (Wildman–Crippen MR) is 93.2 cm³/mol. The van der Waals surface area contributed by atoms with Crippen LogP contribution in [0.15, 0.2) is 41.4 Å². The Balaban J connectivity index is 2.07. The Bertz CT molecular complexity index is 792. The Morgan fingerprint density at radius 2 is 1.96 bits per heavy atom. The Labute approximate surface area is 141 Å². The van der Waals surface area contributed by atoms with E-state index in [1.807, 2.05) is 19.0 Å². The minimum absolute atomic E-state index is 0.0390. The molecule has 0 unspecified atom stereocenters. The van der Waals surface area contributed by atoms with Gasteiger partial charge in [0.1, 0.15) is 11.6 Å². The number of benzene rings is 1. The molecule has 0 radical (unpaired) electrons. The van der Waals surface area contributed by atoms with Gasteiger partial charge >= 0.3 is 0 Å². The topological polar surface area (TPSA) is 74.3 Å². The van der Waals surface area contributed by atoms with Gasteiger partial charge in [-0.05, 0) is 56.9 Å². The summed E-state index contributed by atoms with van der Waals surface area (Å²) in [6.07, 6.45) is 1.44. The lowest BCUT2D eigenvalue weighted by molar-refractivity contribution is 0.425. The number of halogens is 1. The molecular weight excluding hydrogens is 331 g/mol. The predicted octanol–water partition coefficient (Wildman–Crippen LogP) is 2.30. The first-order valence-corrected chi connectivity index (χ1v) is 8.90. The van der Waals surface area contributed by atoms with Crippen LogP contribution in [0.5, 0.6) is 0 Å². The van der Waals surface area contributed by atoms with Crippen LogP contribution in [-0.4, -0.2) is 45.5 Å². The van der Waals surface area contributed by atoms with Gasteiger partial charge in [0.25, 0.3) is 10.0 Å². The number of sulfonamides is 1. The number of hydrogen-bond acceptors (Lipinski definition) is 5. The molecule has 0 aliphatic rings. The van der Waals surface area contributed by atoms with Gasteiger partial charge in [0.15, 0.2) is 0 Å². The highest BCUT2D eigenvalue weighted by molar-refractivity contribution is 7.92. The number of aromatic nitrogens is 1. The summed E-state index contributed by atoms with van der Waals surface area (Å²) in [6, 6.07) is 6.88. The maximum atomic E-state index is 13.1. The van der Waals surface area contributed by atoms with Crippen LogP contribution in [0.2, 0.25) is 0 Å². The van der Waals surface area contributed by atoms with Crippen molar-refractivity contribution in [3.8, 4) is 0 Å². The molecule has 6 nitrogen and oxygen atoms in total. The van der Waals surface area contributed by atoms with Crippen LogP contribution in [0.1, 0.15) is 5.56 Å². The molecule has 0 aliphatic carbocycles. The van der Waals surface area contributed by atoms with E-state index in [0.29, 0.717) is 17.1 Å². The highest BCUT2D eigenvalue weighted by atomic mass is 32.2. The zero-order valence-electron chi connectivity index (χ0n) is 13.9. The van der Waals surface area contributed by atoms with Gasteiger partial charge in [-0.25, -0.2) is 17.8 Å². The number of nitrogens with zero attached hydrogens (tertiary/aromatic N) is 2. The van der Waals surface area contributed by atoms with Crippen LogP contribution in [0.3, 0.4) is 0 Å². The maximum absolute atomic E-state index is 13.1. The molecule has 0 bridgehead atoms. The van der Waals surface area contributed by atoms with Gasteiger partial charge in [0.2, 0.25) is 0 Å². The Morgan fingerprint density at radius 1 is 1.21 bits per heavy atom. The lowest BCUT2D eigenvalue weighted by Gasteiger charge is -2.12. The molecule has 24 heavy (non-hydrogen) atoms. The molecule has 0 aliphatic heterocycles. The number of hydrogen-bond donors (Lipinski definition) is 2. The molecule has 1 aromatic heterocycles. The van der Waals surface area contributed by atoms with E-state index in [1.54, 1.807) is 19.1 Å². The van der Waals surface area contributed by atoms with Gasteiger partial charge in [-0.2, -0.15) is 0 Å². The van der Waals surface area contributed by atoms with Gasteiger partial charge in [0, 0.05) is 13.1 Å². The Hall–Kier alpha value is -2.19. The fourth-order valence-electron chi connectivity index (χ4n) is 2.09. The van der Waals surface area contributed by atoms with Crippen molar-refractivity contribution in [3.05, 3.63) is 47.9 Å². The van der Waals surface area contributed by atoms with Crippen LogP contribution in [-0.2, 0) is 10.0 Å². The molecule has 2 N–H and O–H groups in total.